The first-order chi connectivity index (χ1) is 8.70. The predicted molar refractivity (Wildman–Crippen MR) is 72.6 cm³/mol. The topological polar surface area (TPSA) is 39.1 Å². The molecule has 0 aromatic carbocycles. The molecule has 0 radical (unpaired) electrons. The lowest BCUT2D eigenvalue weighted by atomic mass is 9.88. The van der Waals surface area contributed by atoms with E-state index in [1.807, 2.05) is 25.0 Å². The number of hydrogen-bond donors (Lipinski definition) is 1. The molecule has 1 aromatic rings. The Bertz CT molecular complexity index is 369. The van der Waals surface area contributed by atoms with Crippen LogP contribution in [0.2, 0.25) is 0 Å². The van der Waals surface area contributed by atoms with E-state index in [1.54, 1.807) is 0 Å². The van der Waals surface area contributed by atoms with Gasteiger partial charge in [0.25, 0.3) is 0 Å². The van der Waals surface area contributed by atoms with Gasteiger partial charge in [-0.25, -0.2) is 0 Å². The van der Waals surface area contributed by atoms with Gasteiger partial charge in [0.2, 0.25) is 0 Å². The van der Waals surface area contributed by atoms with E-state index in [0.717, 1.165) is 13.0 Å². The van der Waals surface area contributed by atoms with Crippen molar-refractivity contribution in [3.8, 4) is 0 Å². The van der Waals surface area contributed by atoms with Gasteiger partial charge in [-0.05, 0) is 38.8 Å². The molecular weight excluding hydrogens is 226 g/mol. The van der Waals surface area contributed by atoms with E-state index >= 15 is 0 Å². The Kier molecular flexibility index (Phi) is 4.40. The second kappa shape index (κ2) is 5.85. The quantitative estimate of drug-likeness (QED) is 0.839. The van der Waals surface area contributed by atoms with Gasteiger partial charge in [0.05, 0.1) is 11.8 Å². The van der Waals surface area contributed by atoms with Crippen molar-refractivity contribution in [2.45, 2.75) is 50.7 Å². The van der Waals surface area contributed by atoms with E-state index < -0.39 is 0 Å². The summed E-state index contributed by atoms with van der Waals surface area (Å²) < 4.78 is 8.00. The van der Waals surface area contributed by atoms with Crippen molar-refractivity contribution in [1.29, 1.82) is 0 Å². The standard InChI is InChI=1S/C14H25N3O/c1-4-18-14(7-5-6-8-14)13(15-2)9-12-10-16-17(3)11-12/h10-11,13,15H,4-9H2,1-3H3. The van der Waals surface area contributed by atoms with Crippen molar-refractivity contribution in [2.24, 2.45) is 7.05 Å². The van der Waals surface area contributed by atoms with Crippen LogP contribution in [0.4, 0.5) is 0 Å². The number of ether oxygens (including phenoxy) is 1. The minimum atomic E-state index is 0.0271. The third kappa shape index (κ3) is 2.75. The van der Waals surface area contributed by atoms with E-state index in [-0.39, 0.29) is 5.60 Å². The van der Waals surface area contributed by atoms with Crippen LogP contribution in [0.1, 0.15) is 38.2 Å². The minimum Gasteiger partial charge on any atom is -0.374 e. The fourth-order valence-corrected chi connectivity index (χ4v) is 3.22. The van der Waals surface area contributed by atoms with Crippen LogP contribution in [0.25, 0.3) is 0 Å². The zero-order chi connectivity index (χ0) is 13.0. The summed E-state index contributed by atoms with van der Waals surface area (Å²) >= 11 is 0. The molecule has 0 aliphatic heterocycles. The van der Waals surface area contributed by atoms with Crippen LogP contribution in [0.3, 0.4) is 0 Å². The average Bonchev–Trinajstić information content (AvgIpc) is 2.97. The van der Waals surface area contributed by atoms with E-state index in [2.05, 4.69) is 23.5 Å². The molecule has 2 rings (SSSR count). The monoisotopic (exact) mass is 251 g/mol. The van der Waals surface area contributed by atoms with Crippen LogP contribution in [0.5, 0.6) is 0 Å². The number of aryl methyl sites for hydroxylation is 1. The van der Waals surface area contributed by atoms with E-state index in [0.29, 0.717) is 6.04 Å². The zero-order valence-corrected chi connectivity index (χ0v) is 11.8. The first-order valence-corrected chi connectivity index (χ1v) is 6.99. The first-order valence-electron chi connectivity index (χ1n) is 6.99. The lowest BCUT2D eigenvalue weighted by Gasteiger charge is -2.37. The van der Waals surface area contributed by atoms with Crippen molar-refractivity contribution < 1.29 is 4.74 Å². The number of aromatic nitrogens is 2. The van der Waals surface area contributed by atoms with Gasteiger partial charge in [-0.2, -0.15) is 5.10 Å². The highest BCUT2D eigenvalue weighted by atomic mass is 16.5. The van der Waals surface area contributed by atoms with Crippen LogP contribution < -0.4 is 5.32 Å². The summed E-state index contributed by atoms with van der Waals surface area (Å²) in [5, 5.41) is 7.71. The summed E-state index contributed by atoms with van der Waals surface area (Å²) in [6.45, 7) is 2.89. The maximum atomic E-state index is 6.13. The van der Waals surface area contributed by atoms with Crippen LogP contribution in [0.15, 0.2) is 12.4 Å². The largest absolute Gasteiger partial charge is 0.374 e. The first kappa shape index (κ1) is 13.6. The fourth-order valence-electron chi connectivity index (χ4n) is 3.22. The van der Waals surface area contributed by atoms with Gasteiger partial charge in [0.15, 0.2) is 0 Å². The molecule has 1 aliphatic rings. The summed E-state index contributed by atoms with van der Waals surface area (Å²) in [5.74, 6) is 0. The number of likely N-dealkylation sites (N-methyl/N-ethyl adjacent to an activating group) is 1. The number of rotatable bonds is 6. The Balaban J connectivity index is 2.10. The van der Waals surface area contributed by atoms with E-state index in [9.17, 15) is 0 Å². The fraction of sp³-hybridized carbons (Fsp3) is 0.786. The molecule has 1 fully saturated rings. The highest BCUT2D eigenvalue weighted by Gasteiger charge is 2.41. The van der Waals surface area contributed by atoms with Crippen molar-refractivity contribution in [3.05, 3.63) is 18.0 Å². The highest BCUT2D eigenvalue weighted by molar-refractivity contribution is 5.10. The van der Waals surface area contributed by atoms with Gasteiger partial charge in [-0.1, -0.05) is 12.8 Å². The maximum Gasteiger partial charge on any atom is 0.0837 e. The van der Waals surface area contributed by atoms with Crippen molar-refractivity contribution in [2.75, 3.05) is 13.7 Å². The highest BCUT2D eigenvalue weighted by Crippen LogP contribution is 2.37. The molecule has 1 heterocycles. The molecule has 102 valence electrons. The Morgan fingerprint density at radius 3 is 2.72 bits per heavy atom. The molecule has 1 atom stereocenters. The Hall–Kier alpha value is -0.870. The number of nitrogens with zero attached hydrogens (tertiary/aromatic N) is 2. The predicted octanol–water partition coefficient (Wildman–Crippen LogP) is 1.90. The molecule has 1 aromatic heterocycles. The van der Waals surface area contributed by atoms with Crippen LogP contribution in [-0.4, -0.2) is 35.1 Å². The second-order valence-electron chi connectivity index (χ2n) is 5.27. The van der Waals surface area contributed by atoms with Crippen molar-refractivity contribution >= 4 is 0 Å². The molecule has 0 spiro atoms. The number of hydrogen-bond acceptors (Lipinski definition) is 3. The third-order valence-electron chi connectivity index (χ3n) is 4.06. The molecule has 4 nitrogen and oxygen atoms in total. The van der Waals surface area contributed by atoms with Gasteiger partial charge in [-0.15, -0.1) is 0 Å². The van der Waals surface area contributed by atoms with Gasteiger partial charge in [0, 0.05) is 25.9 Å². The van der Waals surface area contributed by atoms with Crippen LogP contribution >= 0.6 is 0 Å². The molecule has 0 bridgehead atoms. The van der Waals surface area contributed by atoms with Crippen molar-refractivity contribution in [3.63, 3.8) is 0 Å². The summed E-state index contributed by atoms with van der Waals surface area (Å²) in [6, 6.07) is 0.379. The normalized spacial score (nSPS) is 20.2. The van der Waals surface area contributed by atoms with Gasteiger partial charge in [0.1, 0.15) is 0 Å². The average molecular weight is 251 g/mol. The molecule has 0 saturated heterocycles. The molecule has 1 saturated carbocycles. The van der Waals surface area contributed by atoms with Crippen molar-refractivity contribution in [1.82, 2.24) is 15.1 Å². The van der Waals surface area contributed by atoms with Crippen LogP contribution in [-0.2, 0) is 18.2 Å². The van der Waals surface area contributed by atoms with Gasteiger partial charge in [-0.3, -0.25) is 4.68 Å². The SMILES string of the molecule is CCOC1(C(Cc2cnn(C)c2)NC)CCCC1. The smallest absolute Gasteiger partial charge is 0.0837 e. The lowest BCUT2D eigenvalue weighted by Crippen LogP contribution is -2.51. The number of nitrogens with one attached hydrogen (secondary N) is 1. The second-order valence-corrected chi connectivity index (χ2v) is 5.27. The molecular formula is C14H25N3O. The summed E-state index contributed by atoms with van der Waals surface area (Å²) in [6.07, 6.45) is 9.96. The third-order valence-corrected chi connectivity index (χ3v) is 4.06. The molecule has 1 N–H and O–H groups in total. The summed E-state index contributed by atoms with van der Waals surface area (Å²) in [7, 11) is 4.01. The van der Waals surface area contributed by atoms with Gasteiger partial charge < -0.3 is 10.1 Å². The maximum absolute atomic E-state index is 6.13. The van der Waals surface area contributed by atoms with E-state index in [1.165, 1.54) is 31.2 Å². The zero-order valence-electron chi connectivity index (χ0n) is 11.8. The molecule has 4 heteroatoms. The van der Waals surface area contributed by atoms with E-state index in [4.69, 9.17) is 4.74 Å². The molecule has 18 heavy (non-hydrogen) atoms. The summed E-state index contributed by atoms with van der Waals surface area (Å²) in [4.78, 5) is 0. The Morgan fingerprint density at radius 1 is 1.50 bits per heavy atom. The molecule has 1 aliphatic carbocycles. The summed E-state index contributed by atoms with van der Waals surface area (Å²) in [5.41, 5.74) is 1.31. The van der Waals surface area contributed by atoms with Gasteiger partial charge >= 0.3 is 0 Å². The Morgan fingerprint density at radius 2 is 2.22 bits per heavy atom. The van der Waals surface area contributed by atoms with Crippen LogP contribution in [0, 0.1) is 0 Å². The molecule has 0 amide bonds. The Labute approximate surface area is 110 Å². The molecule has 1 unspecified atom stereocenters. The lowest BCUT2D eigenvalue weighted by molar-refractivity contribution is -0.0597. The minimum absolute atomic E-state index is 0.0271.